The van der Waals surface area contributed by atoms with Gasteiger partial charge < -0.3 is 14.4 Å². The van der Waals surface area contributed by atoms with Gasteiger partial charge in [-0.2, -0.15) is 0 Å². The fraction of sp³-hybridized carbons (Fsp3) is 0.533. The molecule has 1 aliphatic heterocycles. The number of aromatic nitrogens is 3. The lowest BCUT2D eigenvalue weighted by Gasteiger charge is -2.38. The van der Waals surface area contributed by atoms with E-state index in [0.29, 0.717) is 36.5 Å². The summed E-state index contributed by atoms with van der Waals surface area (Å²) in [6, 6.07) is 0.0814. The van der Waals surface area contributed by atoms with E-state index in [4.69, 9.17) is 4.52 Å². The Balaban J connectivity index is 1.83. The Labute approximate surface area is 129 Å². The Kier molecular flexibility index (Phi) is 3.98. The first-order chi connectivity index (χ1) is 10.6. The average Bonchev–Trinajstić information content (AvgIpc) is 3.16. The number of hydrogen-bond donors (Lipinski definition) is 1. The van der Waals surface area contributed by atoms with Crippen LogP contribution < -0.4 is 0 Å². The molecule has 0 unspecified atom stereocenters. The second-order valence-corrected chi connectivity index (χ2v) is 5.64. The first kappa shape index (κ1) is 14.8. The molecule has 0 saturated carbocycles. The summed E-state index contributed by atoms with van der Waals surface area (Å²) in [7, 11) is 2.05. The molecule has 1 saturated heterocycles. The van der Waals surface area contributed by atoms with E-state index in [0.717, 1.165) is 12.4 Å². The summed E-state index contributed by atoms with van der Waals surface area (Å²) in [5.41, 5.74) is 1.28. The van der Waals surface area contributed by atoms with Gasteiger partial charge in [-0.1, -0.05) is 12.1 Å². The van der Waals surface area contributed by atoms with Crippen LogP contribution in [0, 0.1) is 6.92 Å². The maximum atomic E-state index is 12.9. The van der Waals surface area contributed by atoms with E-state index in [1.54, 1.807) is 6.20 Å². The van der Waals surface area contributed by atoms with Gasteiger partial charge in [0.15, 0.2) is 0 Å². The highest BCUT2D eigenvalue weighted by molar-refractivity contribution is 5.96. The molecule has 1 amide bonds. The maximum absolute atomic E-state index is 12.9. The third kappa shape index (κ3) is 2.52. The van der Waals surface area contributed by atoms with E-state index in [2.05, 4.69) is 27.1 Å². The van der Waals surface area contributed by atoms with Crippen molar-refractivity contribution in [2.24, 2.45) is 0 Å². The molecule has 2 aromatic rings. The Morgan fingerprint density at radius 3 is 3.00 bits per heavy atom. The van der Waals surface area contributed by atoms with E-state index >= 15 is 0 Å². The molecule has 0 aliphatic carbocycles. The van der Waals surface area contributed by atoms with Crippen LogP contribution in [0.4, 0.5) is 0 Å². The molecule has 3 heterocycles. The van der Waals surface area contributed by atoms with Crippen molar-refractivity contribution in [1.82, 2.24) is 24.9 Å². The quantitative estimate of drug-likeness (QED) is 0.927. The molecule has 3 rings (SSSR count). The SMILES string of the molecule is CCc1onc(C)c1C(=O)N1CCN(C)[C@@H](c2ncc[nH]2)C1. The van der Waals surface area contributed by atoms with Crippen LogP contribution >= 0.6 is 0 Å². The van der Waals surface area contributed by atoms with Crippen molar-refractivity contribution in [1.29, 1.82) is 0 Å². The lowest BCUT2D eigenvalue weighted by molar-refractivity contribution is 0.0532. The first-order valence-electron chi connectivity index (χ1n) is 7.55. The topological polar surface area (TPSA) is 78.3 Å². The molecule has 1 fully saturated rings. The number of likely N-dealkylation sites (N-methyl/N-ethyl adjacent to an activating group) is 1. The van der Waals surface area contributed by atoms with Crippen molar-refractivity contribution < 1.29 is 9.32 Å². The van der Waals surface area contributed by atoms with Crippen molar-refractivity contribution in [3.8, 4) is 0 Å². The minimum Gasteiger partial charge on any atom is -0.360 e. The molecule has 0 radical (unpaired) electrons. The lowest BCUT2D eigenvalue weighted by Crippen LogP contribution is -2.49. The molecule has 7 nitrogen and oxygen atoms in total. The molecule has 0 bridgehead atoms. The Morgan fingerprint density at radius 1 is 1.50 bits per heavy atom. The van der Waals surface area contributed by atoms with Gasteiger partial charge in [0.2, 0.25) is 0 Å². The summed E-state index contributed by atoms with van der Waals surface area (Å²) in [5.74, 6) is 1.55. The third-order valence-corrected chi connectivity index (χ3v) is 4.24. The fourth-order valence-corrected chi connectivity index (χ4v) is 2.90. The van der Waals surface area contributed by atoms with Crippen LogP contribution in [-0.4, -0.2) is 57.5 Å². The number of nitrogens with one attached hydrogen (secondary N) is 1. The number of H-pyrrole nitrogens is 1. The molecule has 7 heteroatoms. The van der Waals surface area contributed by atoms with Gasteiger partial charge in [-0.15, -0.1) is 0 Å². The maximum Gasteiger partial charge on any atom is 0.259 e. The summed E-state index contributed by atoms with van der Waals surface area (Å²) in [4.78, 5) is 24.4. The van der Waals surface area contributed by atoms with Gasteiger partial charge in [-0.05, 0) is 14.0 Å². The van der Waals surface area contributed by atoms with E-state index < -0.39 is 0 Å². The third-order valence-electron chi connectivity index (χ3n) is 4.24. The number of hydrogen-bond acceptors (Lipinski definition) is 5. The number of imidazole rings is 1. The Hall–Kier alpha value is -2.15. The standard InChI is InChI=1S/C15H21N5O2/c1-4-12-13(10(2)18-22-12)15(21)20-8-7-19(3)11(9-20)14-16-5-6-17-14/h5-6,11H,4,7-9H2,1-3H3,(H,16,17)/t11-/m1/s1. The zero-order valence-corrected chi connectivity index (χ0v) is 13.2. The molecule has 118 valence electrons. The number of piperazine rings is 1. The van der Waals surface area contributed by atoms with Crippen LogP contribution in [0.1, 0.15) is 40.6 Å². The molecule has 0 aromatic carbocycles. The smallest absolute Gasteiger partial charge is 0.259 e. The number of rotatable bonds is 3. The summed E-state index contributed by atoms with van der Waals surface area (Å²) in [6.07, 6.45) is 4.21. The molecule has 2 aromatic heterocycles. The van der Waals surface area contributed by atoms with Crippen LogP contribution in [0.25, 0.3) is 0 Å². The number of nitrogens with zero attached hydrogens (tertiary/aromatic N) is 4. The van der Waals surface area contributed by atoms with E-state index in [-0.39, 0.29) is 11.9 Å². The zero-order chi connectivity index (χ0) is 15.7. The van der Waals surface area contributed by atoms with Crippen LogP contribution in [0.3, 0.4) is 0 Å². The zero-order valence-electron chi connectivity index (χ0n) is 13.2. The van der Waals surface area contributed by atoms with Crippen molar-refractivity contribution in [3.63, 3.8) is 0 Å². The highest BCUT2D eigenvalue weighted by Crippen LogP contribution is 2.24. The van der Waals surface area contributed by atoms with Gasteiger partial charge in [0.1, 0.15) is 17.1 Å². The highest BCUT2D eigenvalue weighted by Gasteiger charge is 2.32. The van der Waals surface area contributed by atoms with Gasteiger partial charge in [0.25, 0.3) is 5.91 Å². The highest BCUT2D eigenvalue weighted by atomic mass is 16.5. The van der Waals surface area contributed by atoms with E-state index in [1.807, 2.05) is 24.9 Å². The molecular weight excluding hydrogens is 282 g/mol. The van der Waals surface area contributed by atoms with Gasteiger partial charge in [-0.25, -0.2) is 4.98 Å². The van der Waals surface area contributed by atoms with E-state index in [9.17, 15) is 4.79 Å². The minimum absolute atomic E-state index is 0.000237. The van der Waals surface area contributed by atoms with Crippen LogP contribution in [0.15, 0.2) is 16.9 Å². The normalized spacial score (nSPS) is 19.6. The van der Waals surface area contributed by atoms with Gasteiger partial charge >= 0.3 is 0 Å². The molecule has 1 atom stereocenters. The van der Waals surface area contributed by atoms with Gasteiger partial charge in [0.05, 0.1) is 11.7 Å². The average molecular weight is 303 g/mol. The number of carbonyl (C=O) groups is 1. The van der Waals surface area contributed by atoms with Gasteiger partial charge in [0, 0.05) is 38.4 Å². The van der Waals surface area contributed by atoms with Crippen molar-refractivity contribution in [2.45, 2.75) is 26.3 Å². The molecular formula is C15H21N5O2. The van der Waals surface area contributed by atoms with Crippen molar-refractivity contribution >= 4 is 5.91 Å². The summed E-state index contributed by atoms with van der Waals surface area (Å²) >= 11 is 0. The van der Waals surface area contributed by atoms with E-state index in [1.165, 1.54) is 0 Å². The predicted octanol–water partition coefficient (Wildman–Crippen LogP) is 1.40. The Bertz CT molecular complexity index is 649. The molecule has 22 heavy (non-hydrogen) atoms. The number of amides is 1. The second kappa shape index (κ2) is 5.92. The summed E-state index contributed by atoms with van der Waals surface area (Å²) in [5, 5.41) is 3.94. The first-order valence-corrected chi connectivity index (χ1v) is 7.55. The van der Waals surface area contributed by atoms with Crippen LogP contribution in [0.2, 0.25) is 0 Å². The Morgan fingerprint density at radius 2 is 2.32 bits per heavy atom. The lowest BCUT2D eigenvalue weighted by atomic mass is 10.1. The molecule has 0 spiro atoms. The number of aryl methyl sites for hydroxylation is 2. The number of aromatic amines is 1. The largest absolute Gasteiger partial charge is 0.360 e. The summed E-state index contributed by atoms with van der Waals surface area (Å²) < 4.78 is 5.25. The fourth-order valence-electron chi connectivity index (χ4n) is 2.90. The van der Waals surface area contributed by atoms with Crippen molar-refractivity contribution in [2.75, 3.05) is 26.7 Å². The van der Waals surface area contributed by atoms with Gasteiger partial charge in [-0.3, -0.25) is 9.69 Å². The molecule has 1 aliphatic rings. The second-order valence-electron chi connectivity index (χ2n) is 5.64. The van der Waals surface area contributed by atoms with Crippen LogP contribution in [-0.2, 0) is 6.42 Å². The number of carbonyl (C=O) groups excluding carboxylic acids is 1. The van der Waals surface area contributed by atoms with Crippen molar-refractivity contribution in [3.05, 3.63) is 35.2 Å². The molecule has 1 N–H and O–H groups in total. The minimum atomic E-state index is 0.000237. The predicted molar refractivity (Wildman–Crippen MR) is 80.5 cm³/mol. The monoisotopic (exact) mass is 303 g/mol. The summed E-state index contributed by atoms with van der Waals surface area (Å²) in [6.45, 7) is 5.89. The van der Waals surface area contributed by atoms with Crippen LogP contribution in [0.5, 0.6) is 0 Å².